The lowest BCUT2D eigenvalue weighted by molar-refractivity contribution is -0.140. The van der Waals surface area contributed by atoms with E-state index < -0.39 is 11.9 Å². The van der Waals surface area contributed by atoms with Crippen molar-refractivity contribution in [1.29, 1.82) is 0 Å². The Bertz CT molecular complexity index is 543. The van der Waals surface area contributed by atoms with Gasteiger partial charge in [-0.05, 0) is 28.7 Å². The third kappa shape index (κ3) is 2.84. The minimum absolute atomic E-state index is 0.264. The van der Waals surface area contributed by atoms with Gasteiger partial charge in [-0.25, -0.2) is 0 Å². The summed E-state index contributed by atoms with van der Waals surface area (Å²) in [5.74, 6) is 1.24. The standard InChI is InChI=1S/C17H23NO2S/c1-17(2)7-8-21-11-15(17)18-9-12-5-3-4-6-13(12)14(10-18)16(19)20/h3-6,14-15H,7-11H2,1-2H3,(H,19,20). The molecule has 1 aromatic carbocycles. The third-order valence-corrected chi connectivity index (χ3v) is 6.07. The maximum absolute atomic E-state index is 11.7. The molecule has 4 heteroatoms. The van der Waals surface area contributed by atoms with E-state index in [4.69, 9.17) is 0 Å². The van der Waals surface area contributed by atoms with Gasteiger partial charge in [0.1, 0.15) is 0 Å². The summed E-state index contributed by atoms with van der Waals surface area (Å²) in [5, 5.41) is 9.60. The van der Waals surface area contributed by atoms with Crippen molar-refractivity contribution in [3.63, 3.8) is 0 Å². The second kappa shape index (κ2) is 5.65. The number of benzene rings is 1. The quantitative estimate of drug-likeness (QED) is 0.911. The minimum Gasteiger partial charge on any atom is -0.481 e. The number of carbonyl (C=O) groups is 1. The Morgan fingerprint density at radius 3 is 2.86 bits per heavy atom. The lowest BCUT2D eigenvalue weighted by Crippen LogP contribution is -2.52. The van der Waals surface area contributed by atoms with Gasteiger partial charge < -0.3 is 5.11 Å². The van der Waals surface area contributed by atoms with E-state index in [0.29, 0.717) is 12.6 Å². The van der Waals surface area contributed by atoms with E-state index in [9.17, 15) is 9.90 Å². The monoisotopic (exact) mass is 305 g/mol. The van der Waals surface area contributed by atoms with E-state index in [1.54, 1.807) is 0 Å². The molecule has 3 nitrogen and oxygen atoms in total. The van der Waals surface area contributed by atoms with E-state index in [0.717, 1.165) is 17.9 Å². The molecular weight excluding hydrogens is 282 g/mol. The van der Waals surface area contributed by atoms with Crippen molar-refractivity contribution in [2.24, 2.45) is 5.41 Å². The van der Waals surface area contributed by atoms with Crippen LogP contribution in [0.4, 0.5) is 0 Å². The average Bonchev–Trinajstić information content (AvgIpc) is 2.45. The van der Waals surface area contributed by atoms with Gasteiger partial charge in [-0.1, -0.05) is 38.1 Å². The van der Waals surface area contributed by atoms with E-state index >= 15 is 0 Å². The molecule has 1 aromatic rings. The number of fused-ring (bicyclic) bond motifs is 1. The van der Waals surface area contributed by atoms with Gasteiger partial charge in [-0.2, -0.15) is 11.8 Å². The molecule has 2 unspecified atom stereocenters. The van der Waals surface area contributed by atoms with Gasteiger partial charge in [-0.15, -0.1) is 0 Å². The lowest BCUT2D eigenvalue weighted by atomic mass is 9.79. The fourth-order valence-corrected chi connectivity index (χ4v) is 5.33. The zero-order valence-electron chi connectivity index (χ0n) is 12.7. The molecule has 21 heavy (non-hydrogen) atoms. The van der Waals surface area contributed by atoms with Crippen LogP contribution in [0.25, 0.3) is 0 Å². The van der Waals surface area contributed by atoms with Crippen LogP contribution in [0.3, 0.4) is 0 Å². The highest BCUT2D eigenvalue weighted by atomic mass is 32.2. The van der Waals surface area contributed by atoms with Crippen LogP contribution in [0.1, 0.15) is 37.3 Å². The first-order valence-corrected chi connectivity index (χ1v) is 8.77. The molecule has 2 atom stereocenters. The topological polar surface area (TPSA) is 40.5 Å². The van der Waals surface area contributed by atoms with Crippen molar-refractivity contribution in [2.45, 2.75) is 38.8 Å². The number of hydrogen-bond donors (Lipinski definition) is 1. The summed E-state index contributed by atoms with van der Waals surface area (Å²) >= 11 is 2.00. The van der Waals surface area contributed by atoms with Crippen LogP contribution in [0.5, 0.6) is 0 Å². The normalized spacial score (nSPS) is 28.9. The largest absolute Gasteiger partial charge is 0.481 e. The van der Waals surface area contributed by atoms with Crippen LogP contribution in [-0.2, 0) is 11.3 Å². The number of nitrogens with zero attached hydrogens (tertiary/aromatic N) is 1. The highest BCUT2D eigenvalue weighted by molar-refractivity contribution is 7.99. The summed E-state index contributed by atoms with van der Waals surface area (Å²) in [5.41, 5.74) is 2.45. The molecule has 0 bridgehead atoms. The van der Waals surface area contributed by atoms with Crippen LogP contribution in [0.2, 0.25) is 0 Å². The number of rotatable bonds is 2. The molecule has 2 heterocycles. The molecule has 1 saturated heterocycles. The summed E-state index contributed by atoms with van der Waals surface area (Å²) in [7, 11) is 0. The molecule has 0 saturated carbocycles. The molecular formula is C17H23NO2S. The molecule has 114 valence electrons. The highest BCUT2D eigenvalue weighted by Crippen LogP contribution is 2.40. The molecule has 1 N–H and O–H groups in total. The smallest absolute Gasteiger partial charge is 0.312 e. The molecule has 2 aliphatic heterocycles. The Balaban J connectivity index is 1.91. The summed E-state index contributed by atoms with van der Waals surface area (Å²) in [6.07, 6.45) is 1.21. The lowest BCUT2D eigenvalue weighted by Gasteiger charge is -2.47. The van der Waals surface area contributed by atoms with Gasteiger partial charge in [0.2, 0.25) is 0 Å². The average molecular weight is 305 g/mol. The number of carboxylic acids is 1. The maximum atomic E-state index is 11.7. The first-order chi connectivity index (χ1) is 9.99. The van der Waals surface area contributed by atoms with Crippen LogP contribution >= 0.6 is 11.8 Å². The fourth-order valence-electron chi connectivity index (χ4n) is 3.60. The van der Waals surface area contributed by atoms with Gasteiger partial charge >= 0.3 is 5.97 Å². The van der Waals surface area contributed by atoms with Gasteiger partial charge in [0.25, 0.3) is 0 Å². The zero-order valence-corrected chi connectivity index (χ0v) is 13.5. The Kier molecular flexibility index (Phi) is 4.02. The third-order valence-electron chi connectivity index (χ3n) is 5.03. The summed E-state index contributed by atoms with van der Waals surface area (Å²) in [4.78, 5) is 14.1. The molecule has 0 amide bonds. The highest BCUT2D eigenvalue weighted by Gasteiger charge is 2.40. The molecule has 3 rings (SSSR count). The zero-order chi connectivity index (χ0) is 15.0. The maximum Gasteiger partial charge on any atom is 0.312 e. The van der Waals surface area contributed by atoms with Crippen molar-refractivity contribution in [1.82, 2.24) is 4.90 Å². The first-order valence-electron chi connectivity index (χ1n) is 7.61. The summed E-state index contributed by atoms with van der Waals surface area (Å²) in [6, 6.07) is 8.49. The Morgan fingerprint density at radius 1 is 1.38 bits per heavy atom. The SMILES string of the molecule is CC1(C)CCSCC1N1Cc2ccccc2C(C(=O)O)C1. The fraction of sp³-hybridized carbons (Fsp3) is 0.588. The predicted molar refractivity (Wildman–Crippen MR) is 86.7 cm³/mol. The van der Waals surface area contributed by atoms with E-state index in [1.807, 2.05) is 30.0 Å². The minimum atomic E-state index is -0.701. The van der Waals surface area contributed by atoms with Crippen molar-refractivity contribution in [2.75, 3.05) is 18.1 Å². The Labute approximate surface area is 130 Å². The molecule has 0 radical (unpaired) electrons. The van der Waals surface area contributed by atoms with Gasteiger partial charge in [0.15, 0.2) is 0 Å². The summed E-state index contributed by atoms with van der Waals surface area (Å²) < 4.78 is 0. The second-order valence-electron chi connectivity index (χ2n) is 6.85. The first kappa shape index (κ1) is 14.9. The van der Waals surface area contributed by atoms with Crippen molar-refractivity contribution in [3.05, 3.63) is 35.4 Å². The number of thioether (sulfide) groups is 1. The Morgan fingerprint density at radius 2 is 2.14 bits per heavy atom. The number of carboxylic acid groups (broad SMARTS) is 1. The van der Waals surface area contributed by atoms with Gasteiger partial charge in [0, 0.05) is 24.9 Å². The number of hydrogen-bond acceptors (Lipinski definition) is 3. The Hall–Kier alpha value is -1.00. The van der Waals surface area contributed by atoms with Crippen LogP contribution in [0, 0.1) is 5.41 Å². The van der Waals surface area contributed by atoms with Gasteiger partial charge in [-0.3, -0.25) is 9.69 Å². The molecule has 0 aliphatic carbocycles. The van der Waals surface area contributed by atoms with Crippen molar-refractivity contribution < 1.29 is 9.90 Å². The molecule has 0 spiro atoms. The molecule has 1 fully saturated rings. The summed E-state index contributed by atoms with van der Waals surface area (Å²) in [6.45, 7) is 6.18. The van der Waals surface area contributed by atoms with Crippen molar-refractivity contribution >= 4 is 17.7 Å². The molecule has 2 aliphatic rings. The van der Waals surface area contributed by atoms with Crippen molar-refractivity contribution in [3.8, 4) is 0 Å². The van der Waals surface area contributed by atoms with E-state index in [-0.39, 0.29) is 5.41 Å². The van der Waals surface area contributed by atoms with E-state index in [1.165, 1.54) is 17.7 Å². The number of aliphatic carboxylic acids is 1. The van der Waals surface area contributed by atoms with Gasteiger partial charge in [0.05, 0.1) is 5.92 Å². The van der Waals surface area contributed by atoms with E-state index in [2.05, 4.69) is 24.8 Å². The molecule has 0 aromatic heterocycles. The van der Waals surface area contributed by atoms with Crippen LogP contribution in [0.15, 0.2) is 24.3 Å². The van der Waals surface area contributed by atoms with Crippen LogP contribution < -0.4 is 0 Å². The second-order valence-corrected chi connectivity index (χ2v) is 8.00. The predicted octanol–water partition coefficient (Wildman–Crippen LogP) is 3.20. The van der Waals surface area contributed by atoms with Crippen LogP contribution in [-0.4, -0.2) is 40.1 Å².